The third-order valence-corrected chi connectivity index (χ3v) is 3.68. The molecule has 0 aromatic heterocycles. The van der Waals surface area contributed by atoms with Gasteiger partial charge in [0.05, 0.1) is 12.1 Å². The number of hydrogen-bond acceptors (Lipinski definition) is 3. The molecule has 1 fully saturated rings. The van der Waals surface area contributed by atoms with Gasteiger partial charge in [0, 0.05) is 24.3 Å². The molecule has 0 bridgehead atoms. The van der Waals surface area contributed by atoms with Gasteiger partial charge in [-0.25, -0.2) is 0 Å². The molecule has 1 heterocycles. The average Bonchev–Trinajstić information content (AvgIpc) is 2.29. The quantitative estimate of drug-likeness (QED) is 0.882. The van der Waals surface area contributed by atoms with Crippen LogP contribution in [-0.2, 0) is 0 Å². The molecule has 4 heteroatoms. The highest BCUT2D eigenvalue weighted by Gasteiger charge is 2.23. The van der Waals surface area contributed by atoms with E-state index in [1.807, 2.05) is 12.1 Å². The van der Waals surface area contributed by atoms with E-state index in [9.17, 15) is 0 Å². The van der Waals surface area contributed by atoms with Crippen LogP contribution in [0.1, 0.15) is 19.8 Å². The normalized spacial score (nSPS) is 24.8. The summed E-state index contributed by atoms with van der Waals surface area (Å²) in [4.78, 5) is 2.36. The molecular weight excluding hydrogens is 236 g/mol. The maximum absolute atomic E-state index is 6.15. The zero-order chi connectivity index (χ0) is 12.4. The van der Waals surface area contributed by atoms with Crippen LogP contribution < -0.4 is 15.4 Å². The highest BCUT2D eigenvalue weighted by Crippen LogP contribution is 2.31. The summed E-state index contributed by atoms with van der Waals surface area (Å²) in [5, 5.41) is 0.659. The Morgan fingerprint density at radius 1 is 1.47 bits per heavy atom. The Kier molecular flexibility index (Phi) is 3.79. The van der Waals surface area contributed by atoms with E-state index >= 15 is 0 Å². The van der Waals surface area contributed by atoms with Crippen molar-refractivity contribution in [2.75, 3.05) is 18.6 Å². The second-order valence-corrected chi connectivity index (χ2v) is 5.05. The van der Waals surface area contributed by atoms with Crippen LogP contribution in [0.2, 0.25) is 5.02 Å². The van der Waals surface area contributed by atoms with E-state index in [1.54, 1.807) is 7.11 Å². The molecule has 0 aliphatic carbocycles. The summed E-state index contributed by atoms with van der Waals surface area (Å²) in [7, 11) is 1.63. The van der Waals surface area contributed by atoms with E-state index in [2.05, 4.69) is 17.9 Å². The molecule has 2 rings (SSSR count). The first-order valence-electron chi connectivity index (χ1n) is 5.97. The molecule has 17 heavy (non-hydrogen) atoms. The topological polar surface area (TPSA) is 38.5 Å². The SMILES string of the molecule is COc1ccc(N2CCC(N)CC2C)cc1Cl. The molecule has 94 valence electrons. The van der Waals surface area contributed by atoms with Crippen LogP contribution in [0.3, 0.4) is 0 Å². The molecular formula is C13H19ClN2O. The van der Waals surface area contributed by atoms with Crippen molar-refractivity contribution in [3.63, 3.8) is 0 Å². The maximum atomic E-state index is 6.15. The number of anilines is 1. The van der Waals surface area contributed by atoms with Gasteiger partial charge >= 0.3 is 0 Å². The van der Waals surface area contributed by atoms with Gasteiger partial charge in [-0.3, -0.25) is 0 Å². The first-order chi connectivity index (χ1) is 8.11. The number of benzene rings is 1. The van der Waals surface area contributed by atoms with Crippen LogP contribution in [0, 0.1) is 0 Å². The van der Waals surface area contributed by atoms with E-state index in [0.717, 1.165) is 30.8 Å². The summed E-state index contributed by atoms with van der Waals surface area (Å²) in [6.07, 6.45) is 2.07. The summed E-state index contributed by atoms with van der Waals surface area (Å²) in [6, 6.07) is 6.73. The summed E-state index contributed by atoms with van der Waals surface area (Å²) in [6.45, 7) is 3.20. The summed E-state index contributed by atoms with van der Waals surface area (Å²) in [5.41, 5.74) is 7.12. The van der Waals surface area contributed by atoms with Gasteiger partial charge in [0.15, 0.2) is 0 Å². The fourth-order valence-corrected chi connectivity index (χ4v) is 2.68. The lowest BCUT2D eigenvalue weighted by molar-refractivity contribution is 0.414. The van der Waals surface area contributed by atoms with Crippen molar-refractivity contribution in [3.8, 4) is 5.75 Å². The van der Waals surface area contributed by atoms with Gasteiger partial charge in [-0.05, 0) is 38.0 Å². The minimum absolute atomic E-state index is 0.329. The lowest BCUT2D eigenvalue weighted by atomic mass is 9.98. The van der Waals surface area contributed by atoms with Crippen LogP contribution in [0.15, 0.2) is 18.2 Å². The zero-order valence-electron chi connectivity index (χ0n) is 10.3. The number of nitrogens with two attached hydrogens (primary N) is 1. The van der Waals surface area contributed by atoms with E-state index in [0.29, 0.717) is 17.1 Å². The third-order valence-electron chi connectivity index (χ3n) is 3.38. The van der Waals surface area contributed by atoms with E-state index in [-0.39, 0.29) is 0 Å². The Balaban J connectivity index is 2.19. The van der Waals surface area contributed by atoms with Crippen molar-refractivity contribution >= 4 is 17.3 Å². The molecule has 2 N–H and O–H groups in total. The predicted molar refractivity (Wildman–Crippen MR) is 72.0 cm³/mol. The molecule has 1 saturated heterocycles. The molecule has 0 amide bonds. The molecule has 2 unspecified atom stereocenters. The predicted octanol–water partition coefficient (Wildman–Crippen LogP) is 2.66. The molecule has 0 saturated carbocycles. The Bertz CT molecular complexity index is 397. The number of piperidine rings is 1. The molecule has 1 aliphatic heterocycles. The van der Waals surface area contributed by atoms with Gasteiger partial charge in [-0.2, -0.15) is 0 Å². The summed E-state index contributed by atoms with van der Waals surface area (Å²) < 4.78 is 5.16. The minimum atomic E-state index is 0.329. The monoisotopic (exact) mass is 254 g/mol. The highest BCUT2D eigenvalue weighted by atomic mass is 35.5. The Morgan fingerprint density at radius 2 is 2.24 bits per heavy atom. The second-order valence-electron chi connectivity index (χ2n) is 4.65. The van der Waals surface area contributed by atoms with E-state index in [1.165, 1.54) is 0 Å². The second kappa shape index (κ2) is 5.15. The Morgan fingerprint density at radius 3 is 2.82 bits per heavy atom. The van der Waals surface area contributed by atoms with Crippen molar-refractivity contribution in [1.29, 1.82) is 0 Å². The number of rotatable bonds is 2. The molecule has 1 aromatic rings. The maximum Gasteiger partial charge on any atom is 0.137 e. The van der Waals surface area contributed by atoms with Crippen molar-refractivity contribution < 1.29 is 4.74 Å². The van der Waals surface area contributed by atoms with Crippen LogP contribution in [0.25, 0.3) is 0 Å². The van der Waals surface area contributed by atoms with E-state index in [4.69, 9.17) is 22.1 Å². The molecule has 2 atom stereocenters. The third kappa shape index (κ3) is 2.67. The average molecular weight is 255 g/mol. The fraction of sp³-hybridized carbons (Fsp3) is 0.538. The van der Waals surface area contributed by atoms with Crippen LogP contribution in [0.4, 0.5) is 5.69 Å². The van der Waals surface area contributed by atoms with Gasteiger partial charge in [-0.15, -0.1) is 0 Å². The van der Waals surface area contributed by atoms with Crippen LogP contribution >= 0.6 is 11.6 Å². The Labute approximate surface area is 107 Å². The van der Waals surface area contributed by atoms with Gasteiger partial charge in [0.25, 0.3) is 0 Å². The largest absolute Gasteiger partial charge is 0.495 e. The van der Waals surface area contributed by atoms with E-state index < -0.39 is 0 Å². The van der Waals surface area contributed by atoms with Gasteiger partial charge in [0.2, 0.25) is 0 Å². The summed E-state index contributed by atoms with van der Waals surface area (Å²) in [5.74, 6) is 0.719. The standard InChI is InChI=1S/C13H19ClN2O/c1-9-7-10(15)5-6-16(9)11-3-4-13(17-2)12(14)8-11/h3-4,8-10H,5-7,15H2,1-2H3. The minimum Gasteiger partial charge on any atom is -0.495 e. The smallest absolute Gasteiger partial charge is 0.137 e. The first-order valence-corrected chi connectivity index (χ1v) is 6.35. The zero-order valence-corrected chi connectivity index (χ0v) is 11.1. The molecule has 3 nitrogen and oxygen atoms in total. The summed E-state index contributed by atoms with van der Waals surface area (Å²) >= 11 is 6.15. The number of halogens is 1. The number of ether oxygens (including phenoxy) is 1. The first kappa shape index (κ1) is 12.5. The lowest BCUT2D eigenvalue weighted by Crippen LogP contribution is -2.45. The van der Waals surface area contributed by atoms with Crippen molar-refractivity contribution in [2.45, 2.75) is 31.8 Å². The van der Waals surface area contributed by atoms with Gasteiger partial charge in [-0.1, -0.05) is 11.6 Å². The van der Waals surface area contributed by atoms with Crippen LogP contribution in [-0.4, -0.2) is 25.7 Å². The molecule has 1 aromatic carbocycles. The van der Waals surface area contributed by atoms with Crippen molar-refractivity contribution in [1.82, 2.24) is 0 Å². The number of hydrogen-bond donors (Lipinski definition) is 1. The van der Waals surface area contributed by atoms with Gasteiger partial charge < -0.3 is 15.4 Å². The number of nitrogens with zero attached hydrogens (tertiary/aromatic N) is 1. The number of methoxy groups -OCH3 is 1. The van der Waals surface area contributed by atoms with Crippen LogP contribution in [0.5, 0.6) is 5.75 Å². The van der Waals surface area contributed by atoms with Crippen molar-refractivity contribution in [3.05, 3.63) is 23.2 Å². The Hall–Kier alpha value is -0.930. The molecule has 0 spiro atoms. The lowest BCUT2D eigenvalue weighted by Gasteiger charge is -2.38. The molecule has 1 aliphatic rings. The van der Waals surface area contributed by atoms with Gasteiger partial charge in [0.1, 0.15) is 5.75 Å². The molecule has 0 radical (unpaired) electrons. The highest BCUT2D eigenvalue weighted by molar-refractivity contribution is 6.32. The fourth-order valence-electron chi connectivity index (χ4n) is 2.43. The van der Waals surface area contributed by atoms with Crippen molar-refractivity contribution in [2.24, 2.45) is 5.73 Å².